The highest BCUT2D eigenvalue weighted by atomic mass is 16.2. The molecule has 1 unspecified atom stereocenters. The summed E-state index contributed by atoms with van der Waals surface area (Å²) in [6.07, 6.45) is 3.88. The Morgan fingerprint density at radius 1 is 1.35 bits per heavy atom. The molecule has 1 saturated carbocycles. The average molecular weight is 321 g/mol. The second-order valence-corrected chi connectivity index (χ2v) is 6.61. The summed E-state index contributed by atoms with van der Waals surface area (Å²) in [6, 6.07) is 2.49. The monoisotopic (exact) mass is 321 g/mol. The largest absolute Gasteiger partial charge is 0.343 e. The molecule has 3 amide bonds. The molecule has 7 nitrogen and oxygen atoms in total. The van der Waals surface area contributed by atoms with Crippen LogP contribution in [0.25, 0.3) is 0 Å². The van der Waals surface area contributed by atoms with Crippen LogP contribution in [0.5, 0.6) is 0 Å². The predicted octanol–water partition coefficient (Wildman–Crippen LogP) is 1.52. The number of aromatic amines is 1. The number of rotatable bonds is 4. The fraction of sp³-hybridized carbons (Fsp3) is 0.688. The first-order valence-corrected chi connectivity index (χ1v) is 8.26. The summed E-state index contributed by atoms with van der Waals surface area (Å²) < 4.78 is 0. The molecule has 7 heteroatoms. The fourth-order valence-corrected chi connectivity index (χ4v) is 2.38. The second kappa shape index (κ2) is 7.99. The molecule has 1 aliphatic heterocycles. The fourth-order valence-electron chi connectivity index (χ4n) is 2.38. The molecule has 3 N–H and O–H groups in total. The lowest BCUT2D eigenvalue weighted by Gasteiger charge is -2.13. The van der Waals surface area contributed by atoms with E-state index >= 15 is 0 Å². The maximum absolute atomic E-state index is 11.3. The number of nitrogens with zero attached hydrogens (tertiary/aromatic N) is 2. The first-order valence-electron chi connectivity index (χ1n) is 8.26. The average Bonchev–Trinajstić information content (AvgIpc) is 3.00. The minimum Gasteiger partial charge on any atom is -0.343 e. The van der Waals surface area contributed by atoms with Crippen molar-refractivity contribution in [2.24, 2.45) is 0 Å². The van der Waals surface area contributed by atoms with Crippen molar-refractivity contribution < 1.29 is 9.59 Å². The van der Waals surface area contributed by atoms with Crippen LogP contribution in [0, 0.1) is 6.92 Å². The van der Waals surface area contributed by atoms with Crippen LogP contribution in [0.2, 0.25) is 0 Å². The Morgan fingerprint density at radius 2 is 2.04 bits per heavy atom. The molecule has 2 heterocycles. The van der Waals surface area contributed by atoms with E-state index in [2.05, 4.69) is 40.7 Å². The molecule has 0 radical (unpaired) electrons. The maximum Gasteiger partial charge on any atom is 0.315 e. The van der Waals surface area contributed by atoms with Gasteiger partial charge >= 0.3 is 6.03 Å². The SMILES string of the molecule is Cc1cc(C(C)C)n[nH]1.O=CN1CCC(NC(=O)NC2CC2)C1. The van der Waals surface area contributed by atoms with E-state index in [1.165, 1.54) is 0 Å². The topological polar surface area (TPSA) is 90.1 Å². The van der Waals surface area contributed by atoms with Crippen molar-refractivity contribution in [1.29, 1.82) is 0 Å². The van der Waals surface area contributed by atoms with E-state index < -0.39 is 0 Å². The summed E-state index contributed by atoms with van der Waals surface area (Å²) in [6.45, 7) is 7.67. The van der Waals surface area contributed by atoms with Crippen LogP contribution in [0.15, 0.2) is 6.07 Å². The number of carbonyl (C=O) groups is 2. The summed E-state index contributed by atoms with van der Waals surface area (Å²) >= 11 is 0. The van der Waals surface area contributed by atoms with Crippen molar-refractivity contribution in [1.82, 2.24) is 25.7 Å². The van der Waals surface area contributed by atoms with Gasteiger partial charge in [0, 0.05) is 30.9 Å². The van der Waals surface area contributed by atoms with Crippen LogP contribution in [-0.2, 0) is 4.79 Å². The van der Waals surface area contributed by atoms with E-state index in [0.717, 1.165) is 43.6 Å². The van der Waals surface area contributed by atoms with E-state index in [1.54, 1.807) is 4.90 Å². The molecule has 1 aromatic heterocycles. The third-order valence-electron chi connectivity index (χ3n) is 3.93. The zero-order chi connectivity index (χ0) is 16.8. The first-order chi connectivity index (χ1) is 11.0. The summed E-state index contributed by atoms with van der Waals surface area (Å²) in [5.74, 6) is 0.537. The molecule has 1 aliphatic carbocycles. The van der Waals surface area contributed by atoms with Crippen LogP contribution in [-0.4, -0.2) is 52.7 Å². The van der Waals surface area contributed by atoms with Gasteiger partial charge in [0.1, 0.15) is 0 Å². The minimum atomic E-state index is -0.0924. The zero-order valence-corrected chi connectivity index (χ0v) is 14.1. The number of hydrogen-bond acceptors (Lipinski definition) is 3. The molecule has 3 rings (SSSR count). The van der Waals surface area contributed by atoms with E-state index in [0.29, 0.717) is 18.5 Å². The minimum absolute atomic E-state index is 0.0924. The number of amides is 3. The molecule has 2 aliphatic rings. The number of carbonyl (C=O) groups excluding carboxylic acids is 2. The van der Waals surface area contributed by atoms with Gasteiger partial charge in [0.15, 0.2) is 0 Å². The Morgan fingerprint density at radius 3 is 2.48 bits per heavy atom. The van der Waals surface area contributed by atoms with Gasteiger partial charge < -0.3 is 15.5 Å². The number of H-pyrrole nitrogens is 1. The van der Waals surface area contributed by atoms with Crippen LogP contribution in [0.1, 0.15) is 50.4 Å². The van der Waals surface area contributed by atoms with Gasteiger partial charge in [0.2, 0.25) is 6.41 Å². The molecule has 0 spiro atoms. The molecule has 1 saturated heterocycles. The van der Waals surface area contributed by atoms with Gasteiger partial charge in [-0.15, -0.1) is 0 Å². The molecular weight excluding hydrogens is 294 g/mol. The molecule has 23 heavy (non-hydrogen) atoms. The third kappa shape index (κ3) is 5.92. The van der Waals surface area contributed by atoms with Crippen molar-refractivity contribution in [2.45, 2.75) is 58.0 Å². The summed E-state index contributed by atoms with van der Waals surface area (Å²) in [5, 5.41) is 12.7. The van der Waals surface area contributed by atoms with Gasteiger partial charge in [-0.2, -0.15) is 5.10 Å². The lowest BCUT2D eigenvalue weighted by molar-refractivity contribution is -0.117. The Hall–Kier alpha value is -2.05. The lowest BCUT2D eigenvalue weighted by atomic mass is 10.1. The Bertz CT molecular complexity index is 524. The summed E-state index contributed by atoms with van der Waals surface area (Å²) in [7, 11) is 0. The Labute approximate surface area is 137 Å². The van der Waals surface area contributed by atoms with Crippen molar-refractivity contribution in [3.63, 3.8) is 0 Å². The molecule has 1 atom stereocenters. The highest BCUT2D eigenvalue weighted by molar-refractivity contribution is 5.75. The van der Waals surface area contributed by atoms with E-state index in [4.69, 9.17) is 0 Å². The Kier molecular flexibility index (Phi) is 6.01. The predicted molar refractivity (Wildman–Crippen MR) is 88.1 cm³/mol. The molecular formula is C16H27N5O2. The van der Waals surface area contributed by atoms with Gasteiger partial charge in [0.25, 0.3) is 0 Å². The molecule has 0 bridgehead atoms. The molecule has 0 aromatic carbocycles. The highest BCUT2D eigenvalue weighted by Gasteiger charge is 2.26. The third-order valence-corrected chi connectivity index (χ3v) is 3.93. The normalized spacial score (nSPS) is 20.0. The Balaban J connectivity index is 0.000000185. The number of urea groups is 1. The number of hydrogen-bond donors (Lipinski definition) is 3. The van der Waals surface area contributed by atoms with Gasteiger partial charge in [-0.1, -0.05) is 13.8 Å². The van der Waals surface area contributed by atoms with E-state index in [9.17, 15) is 9.59 Å². The standard InChI is InChI=1S/C9H15N3O2.C7H12N2/c13-6-12-4-3-8(5-12)11-9(14)10-7-1-2-7;1-5(2)7-4-6(3)8-9-7/h6-8H,1-5H2,(H2,10,11,14);4-5H,1-3H3,(H,8,9). The van der Waals surface area contributed by atoms with Crippen molar-refractivity contribution in [3.05, 3.63) is 17.5 Å². The van der Waals surface area contributed by atoms with Gasteiger partial charge in [-0.25, -0.2) is 4.79 Å². The van der Waals surface area contributed by atoms with Crippen LogP contribution in [0.4, 0.5) is 4.79 Å². The first kappa shape index (κ1) is 17.3. The highest BCUT2D eigenvalue weighted by Crippen LogP contribution is 2.18. The van der Waals surface area contributed by atoms with Crippen LogP contribution in [0.3, 0.4) is 0 Å². The van der Waals surface area contributed by atoms with Gasteiger partial charge in [-0.05, 0) is 38.2 Å². The number of nitrogens with one attached hydrogen (secondary N) is 3. The van der Waals surface area contributed by atoms with Crippen LogP contribution >= 0.6 is 0 Å². The molecule has 1 aromatic rings. The van der Waals surface area contributed by atoms with E-state index in [-0.39, 0.29) is 12.1 Å². The van der Waals surface area contributed by atoms with Gasteiger partial charge in [-0.3, -0.25) is 9.89 Å². The second-order valence-electron chi connectivity index (χ2n) is 6.61. The van der Waals surface area contributed by atoms with E-state index in [1.807, 2.05) is 6.92 Å². The quantitative estimate of drug-likeness (QED) is 0.734. The summed E-state index contributed by atoms with van der Waals surface area (Å²) in [4.78, 5) is 23.4. The van der Waals surface area contributed by atoms with Crippen molar-refractivity contribution in [3.8, 4) is 0 Å². The maximum atomic E-state index is 11.3. The number of likely N-dealkylation sites (tertiary alicyclic amines) is 1. The molecule has 128 valence electrons. The number of aryl methyl sites for hydroxylation is 1. The van der Waals surface area contributed by atoms with Crippen LogP contribution < -0.4 is 10.6 Å². The van der Waals surface area contributed by atoms with Gasteiger partial charge in [0.05, 0.1) is 5.69 Å². The smallest absolute Gasteiger partial charge is 0.315 e. The van der Waals surface area contributed by atoms with Crippen molar-refractivity contribution >= 4 is 12.4 Å². The summed E-state index contributed by atoms with van der Waals surface area (Å²) in [5.41, 5.74) is 2.28. The number of aromatic nitrogens is 2. The van der Waals surface area contributed by atoms with Crippen molar-refractivity contribution in [2.75, 3.05) is 13.1 Å². The molecule has 2 fully saturated rings. The zero-order valence-electron chi connectivity index (χ0n) is 14.1. The lowest BCUT2D eigenvalue weighted by Crippen LogP contribution is -2.44.